The maximum atomic E-state index is 4.68. The lowest BCUT2D eigenvalue weighted by atomic mass is 10.2. The van der Waals surface area contributed by atoms with Crippen molar-refractivity contribution in [2.45, 2.75) is 20.3 Å². The molecular weight excluding hydrogens is 302 g/mol. The van der Waals surface area contributed by atoms with Crippen molar-refractivity contribution in [2.75, 3.05) is 55.0 Å². The van der Waals surface area contributed by atoms with Crippen LogP contribution in [0.15, 0.2) is 18.5 Å². The molecule has 2 aromatic heterocycles. The third-order valence-corrected chi connectivity index (χ3v) is 4.25. The van der Waals surface area contributed by atoms with Crippen molar-refractivity contribution in [1.29, 1.82) is 0 Å². The van der Waals surface area contributed by atoms with E-state index in [0.29, 0.717) is 0 Å². The zero-order valence-corrected chi connectivity index (χ0v) is 14.9. The molecule has 0 amide bonds. The highest BCUT2D eigenvalue weighted by atomic mass is 15.3. The first kappa shape index (κ1) is 16.4. The molecule has 1 aliphatic heterocycles. The van der Waals surface area contributed by atoms with Crippen molar-refractivity contribution < 1.29 is 0 Å². The summed E-state index contributed by atoms with van der Waals surface area (Å²) in [5.41, 5.74) is 2.08. The molecule has 0 aromatic carbocycles. The molecule has 0 radical (unpaired) electrons. The summed E-state index contributed by atoms with van der Waals surface area (Å²) in [5.74, 6) is 2.78. The lowest BCUT2D eigenvalue weighted by molar-refractivity contribution is 0.632. The molecule has 3 rings (SSSR count). The fraction of sp³-hybridized carbons (Fsp3) is 0.529. The molecule has 24 heavy (non-hydrogen) atoms. The van der Waals surface area contributed by atoms with Gasteiger partial charge in [-0.05, 0) is 13.3 Å². The third kappa shape index (κ3) is 3.55. The van der Waals surface area contributed by atoms with E-state index in [2.05, 4.69) is 42.7 Å². The molecule has 0 spiro atoms. The van der Waals surface area contributed by atoms with Crippen LogP contribution >= 0.6 is 0 Å². The number of hydrogen-bond donors (Lipinski definition) is 0. The van der Waals surface area contributed by atoms with E-state index in [1.165, 1.54) is 0 Å². The summed E-state index contributed by atoms with van der Waals surface area (Å²) in [6.07, 6.45) is 2.59. The summed E-state index contributed by atoms with van der Waals surface area (Å²) in [5, 5.41) is 0. The second-order valence-corrected chi connectivity index (χ2v) is 6.26. The van der Waals surface area contributed by atoms with Gasteiger partial charge in [0, 0.05) is 63.8 Å². The number of rotatable bonds is 4. The Morgan fingerprint density at radius 1 is 1.00 bits per heavy atom. The summed E-state index contributed by atoms with van der Waals surface area (Å²) in [6, 6.07) is 4.09. The smallest absolute Gasteiger partial charge is 0.227 e. The van der Waals surface area contributed by atoms with E-state index in [1.807, 2.05) is 32.0 Å². The van der Waals surface area contributed by atoms with Crippen molar-refractivity contribution in [1.82, 2.24) is 19.9 Å². The first-order valence-electron chi connectivity index (χ1n) is 8.40. The molecule has 0 aliphatic carbocycles. The maximum absolute atomic E-state index is 4.68. The Hall–Kier alpha value is -2.44. The van der Waals surface area contributed by atoms with Crippen LogP contribution in [0.25, 0.3) is 0 Å². The van der Waals surface area contributed by atoms with E-state index in [0.717, 1.165) is 61.6 Å². The van der Waals surface area contributed by atoms with Gasteiger partial charge in [0.2, 0.25) is 5.95 Å². The van der Waals surface area contributed by atoms with E-state index in [4.69, 9.17) is 0 Å². The average Bonchev–Trinajstić information content (AvgIpc) is 2.61. The number of nitrogens with zero attached hydrogens (tertiary/aromatic N) is 7. The fourth-order valence-corrected chi connectivity index (χ4v) is 2.79. The van der Waals surface area contributed by atoms with E-state index in [9.17, 15) is 0 Å². The fourth-order valence-electron chi connectivity index (χ4n) is 2.79. The lowest BCUT2D eigenvalue weighted by Crippen LogP contribution is -2.47. The van der Waals surface area contributed by atoms with Crippen molar-refractivity contribution in [3.05, 3.63) is 29.8 Å². The van der Waals surface area contributed by atoms with Gasteiger partial charge in [0.1, 0.15) is 18.0 Å². The second-order valence-electron chi connectivity index (χ2n) is 6.26. The summed E-state index contributed by atoms with van der Waals surface area (Å²) in [4.78, 5) is 24.6. The van der Waals surface area contributed by atoms with Gasteiger partial charge in [-0.3, -0.25) is 0 Å². The van der Waals surface area contributed by atoms with Gasteiger partial charge in [0.05, 0.1) is 0 Å². The lowest BCUT2D eigenvalue weighted by Gasteiger charge is -2.35. The maximum Gasteiger partial charge on any atom is 0.227 e. The topological polar surface area (TPSA) is 61.3 Å². The Balaban J connectivity index is 1.71. The Morgan fingerprint density at radius 3 is 2.38 bits per heavy atom. The van der Waals surface area contributed by atoms with E-state index >= 15 is 0 Å². The summed E-state index contributed by atoms with van der Waals surface area (Å²) in [6.45, 7) is 7.73. The standard InChI is InChI=1S/C17H25N7/c1-5-14-11-15(19-12-18-14)23-6-8-24(9-7-23)17-20-13(2)10-16(21-17)22(3)4/h10-12H,5-9H2,1-4H3. The minimum atomic E-state index is 0.815. The molecule has 0 bridgehead atoms. The summed E-state index contributed by atoms with van der Waals surface area (Å²) < 4.78 is 0. The highest BCUT2D eigenvalue weighted by Crippen LogP contribution is 2.19. The molecule has 1 fully saturated rings. The van der Waals surface area contributed by atoms with Crippen LogP contribution in [0.1, 0.15) is 18.3 Å². The first-order chi connectivity index (χ1) is 11.6. The van der Waals surface area contributed by atoms with Gasteiger partial charge in [0.15, 0.2) is 0 Å². The molecule has 128 valence electrons. The molecule has 7 nitrogen and oxygen atoms in total. The molecule has 1 aliphatic rings. The van der Waals surface area contributed by atoms with Gasteiger partial charge in [-0.15, -0.1) is 0 Å². The molecule has 0 atom stereocenters. The van der Waals surface area contributed by atoms with Crippen molar-refractivity contribution >= 4 is 17.6 Å². The van der Waals surface area contributed by atoms with Crippen LogP contribution in [0.3, 0.4) is 0 Å². The van der Waals surface area contributed by atoms with Crippen LogP contribution in [-0.4, -0.2) is 60.2 Å². The van der Waals surface area contributed by atoms with Gasteiger partial charge in [0.25, 0.3) is 0 Å². The van der Waals surface area contributed by atoms with E-state index in [1.54, 1.807) is 6.33 Å². The second kappa shape index (κ2) is 6.98. The molecule has 0 saturated carbocycles. The van der Waals surface area contributed by atoms with E-state index in [-0.39, 0.29) is 0 Å². The minimum Gasteiger partial charge on any atom is -0.363 e. The van der Waals surface area contributed by atoms with Crippen LogP contribution in [-0.2, 0) is 6.42 Å². The monoisotopic (exact) mass is 327 g/mol. The highest BCUT2D eigenvalue weighted by molar-refractivity contribution is 5.47. The van der Waals surface area contributed by atoms with Crippen molar-refractivity contribution in [3.63, 3.8) is 0 Å². The van der Waals surface area contributed by atoms with Crippen LogP contribution in [0.5, 0.6) is 0 Å². The molecule has 2 aromatic rings. The molecule has 3 heterocycles. The molecule has 0 N–H and O–H groups in total. The van der Waals surface area contributed by atoms with Gasteiger partial charge in [-0.25, -0.2) is 15.0 Å². The minimum absolute atomic E-state index is 0.815. The van der Waals surface area contributed by atoms with Crippen LogP contribution in [0.2, 0.25) is 0 Å². The molecule has 7 heteroatoms. The van der Waals surface area contributed by atoms with Crippen LogP contribution in [0.4, 0.5) is 17.6 Å². The van der Waals surface area contributed by atoms with Crippen molar-refractivity contribution in [3.8, 4) is 0 Å². The number of piperazine rings is 1. The Labute approximate surface area is 143 Å². The molecule has 0 unspecified atom stereocenters. The van der Waals surface area contributed by atoms with Gasteiger partial charge in [-0.2, -0.15) is 4.98 Å². The largest absolute Gasteiger partial charge is 0.363 e. The summed E-state index contributed by atoms with van der Waals surface area (Å²) in [7, 11) is 4.01. The molecular formula is C17H25N7. The zero-order valence-electron chi connectivity index (χ0n) is 14.9. The predicted molar refractivity (Wildman–Crippen MR) is 96.9 cm³/mol. The number of hydrogen-bond acceptors (Lipinski definition) is 7. The van der Waals surface area contributed by atoms with Crippen LogP contribution in [0, 0.1) is 6.92 Å². The van der Waals surface area contributed by atoms with E-state index < -0.39 is 0 Å². The third-order valence-electron chi connectivity index (χ3n) is 4.25. The number of anilines is 3. The molecule has 1 saturated heterocycles. The number of aromatic nitrogens is 4. The Morgan fingerprint density at radius 2 is 1.71 bits per heavy atom. The Bertz CT molecular complexity index is 693. The van der Waals surface area contributed by atoms with Gasteiger partial charge in [-0.1, -0.05) is 6.92 Å². The van der Waals surface area contributed by atoms with Gasteiger partial charge >= 0.3 is 0 Å². The zero-order chi connectivity index (χ0) is 17.1. The number of aryl methyl sites for hydroxylation is 2. The quantitative estimate of drug-likeness (QED) is 0.844. The summed E-state index contributed by atoms with van der Waals surface area (Å²) >= 11 is 0. The van der Waals surface area contributed by atoms with Crippen LogP contribution < -0.4 is 14.7 Å². The SMILES string of the molecule is CCc1cc(N2CCN(c3nc(C)cc(N(C)C)n3)CC2)ncn1. The predicted octanol–water partition coefficient (Wildman–Crippen LogP) is 1.53. The normalized spacial score (nSPS) is 14.8. The van der Waals surface area contributed by atoms with Gasteiger partial charge < -0.3 is 14.7 Å². The highest BCUT2D eigenvalue weighted by Gasteiger charge is 2.21. The Kier molecular flexibility index (Phi) is 4.78. The first-order valence-corrected chi connectivity index (χ1v) is 8.40. The average molecular weight is 327 g/mol. The van der Waals surface area contributed by atoms with Crippen molar-refractivity contribution in [2.24, 2.45) is 0 Å².